The lowest BCUT2D eigenvalue weighted by molar-refractivity contribution is -0.159. The van der Waals surface area contributed by atoms with E-state index in [0.717, 1.165) is 0 Å². The fraction of sp³-hybridized carbons (Fsp3) is 0.778. The lowest BCUT2D eigenvalue weighted by Crippen LogP contribution is -2.48. The molecule has 0 aliphatic rings. The van der Waals surface area contributed by atoms with Crippen molar-refractivity contribution < 1.29 is 19.4 Å². The van der Waals surface area contributed by atoms with Gasteiger partial charge in [0.05, 0.1) is 13.2 Å². The second-order valence-corrected chi connectivity index (χ2v) is 4.04. The molecule has 15 heavy (non-hydrogen) atoms. The van der Waals surface area contributed by atoms with Gasteiger partial charge in [0, 0.05) is 0 Å². The molecular formula is C9H18N2O4. The van der Waals surface area contributed by atoms with Crippen LogP contribution in [0, 0.1) is 0 Å². The van der Waals surface area contributed by atoms with Crippen LogP contribution in [-0.2, 0) is 14.3 Å². The summed E-state index contributed by atoms with van der Waals surface area (Å²) in [5.41, 5.74) is 4.40. The number of carbonyl (C=O) groups is 2. The second-order valence-electron chi connectivity index (χ2n) is 4.04. The van der Waals surface area contributed by atoms with Gasteiger partial charge in [-0.3, -0.25) is 4.79 Å². The van der Waals surface area contributed by atoms with E-state index in [1.807, 2.05) is 0 Å². The molecule has 0 aromatic rings. The van der Waals surface area contributed by atoms with Crippen LogP contribution in [0.2, 0.25) is 0 Å². The first-order valence-corrected chi connectivity index (χ1v) is 4.63. The van der Waals surface area contributed by atoms with Crippen molar-refractivity contribution in [2.45, 2.75) is 32.4 Å². The van der Waals surface area contributed by atoms with Crippen LogP contribution in [0.4, 0.5) is 0 Å². The number of rotatable bonds is 4. The highest BCUT2D eigenvalue weighted by Gasteiger charge is 2.25. The Balaban J connectivity index is 4.29. The van der Waals surface area contributed by atoms with E-state index in [4.69, 9.17) is 15.6 Å². The molecule has 0 heterocycles. The maximum atomic E-state index is 11.4. The Hall–Kier alpha value is -1.14. The molecule has 0 aliphatic heterocycles. The van der Waals surface area contributed by atoms with Gasteiger partial charge in [0.25, 0.3) is 0 Å². The maximum Gasteiger partial charge on any atom is 0.331 e. The summed E-state index contributed by atoms with van der Waals surface area (Å²) in [6.07, 6.45) is 0. The van der Waals surface area contributed by atoms with Crippen molar-refractivity contribution in [2.24, 2.45) is 5.73 Å². The average molecular weight is 218 g/mol. The van der Waals surface area contributed by atoms with Crippen molar-refractivity contribution >= 4 is 11.9 Å². The lowest BCUT2D eigenvalue weighted by atomic mass is 10.2. The number of aliphatic hydroxyl groups is 1. The van der Waals surface area contributed by atoms with E-state index in [-0.39, 0.29) is 6.54 Å². The zero-order valence-corrected chi connectivity index (χ0v) is 9.24. The number of carbonyl (C=O) groups excluding carboxylic acids is 2. The van der Waals surface area contributed by atoms with Gasteiger partial charge in [-0.05, 0) is 20.8 Å². The predicted molar refractivity (Wildman–Crippen MR) is 53.9 cm³/mol. The molecule has 0 aromatic carbocycles. The Morgan fingerprint density at radius 1 is 1.47 bits per heavy atom. The summed E-state index contributed by atoms with van der Waals surface area (Å²) in [6.45, 7) is 4.35. The van der Waals surface area contributed by atoms with E-state index >= 15 is 0 Å². The second kappa shape index (κ2) is 5.67. The van der Waals surface area contributed by atoms with Crippen LogP contribution < -0.4 is 11.1 Å². The van der Waals surface area contributed by atoms with Crippen LogP contribution in [0.15, 0.2) is 0 Å². The van der Waals surface area contributed by atoms with E-state index in [9.17, 15) is 9.59 Å². The van der Waals surface area contributed by atoms with Gasteiger partial charge in [0.15, 0.2) is 6.04 Å². The van der Waals surface area contributed by atoms with Crippen molar-refractivity contribution in [3.8, 4) is 0 Å². The molecule has 0 radical (unpaired) electrons. The van der Waals surface area contributed by atoms with Gasteiger partial charge in [0.2, 0.25) is 5.91 Å². The molecule has 1 atom stereocenters. The number of aliphatic hydroxyl groups excluding tert-OH is 1. The predicted octanol–water partition coefficient (Wildman–Crippen LogP) is -1.24. The Bertz CT molecular complexity index is 235. The summed E-state index contributed by atoms with van der Waals surface area (Å²) in [5.74, 6) is -1.19. The molecule has 0 bridgehead atoms. The SMILES string of the molecule is CC(C)(C)OC(=O)[C@H](CO)NC(=O)CN. The minimum absolute atomic E-state index is 0.237. The van der Waals surface area contributed by atoms with E-state index < -0.39 is 30.1 Å². The summed E-state index contributed by atoms with van der Waals surface area (Å²) in [4.78, 5) is 22.3. The molecule has 4 N–H and O–H groups in total. The highest BCUT2D eigenvalue weighted by atomic mass is 16.6. The van der Waals surface area contributed by atoms with Crippen LogP contribution in [0.1, 0.15) is 20.8 Å². The maximum absolute atomic E-state index is 11.4. The Labute approximate surface area is 88.8 Å². The Kier molecular flexibility index (Phi) is 5.24. The molecule has 6 heteroatoms. The highest BCUT2D eigenvalue weighted by Crippen LogP contribution is 2.08. The van der Waals surface area contributed by atoms with E-state index in [1.165, 1.54) is 0 Å². The van der Waals surface area contributed by atoms with Crippen LogP contribution in [0.25, 0.3) is 0 Å². The largest absolute Gasteiger partial charge is 0.458 e. The first-order chi connectivity index (χ1) is 6.80. The van der Waals surface area contributed by atoms with Crippen LogP contribution in [0.5, 0.6) is 0 Å². The number of hydrogen-bond donors (Lipinski definition) is 3. The van der Waals surface area contributed by atoms with Crippen molar-refractivity contribution in [3.63, 3.8) is 0 Å². The van der Waals surface area contributed by atoms with E-state index in [0.29, 0.717) is 0 Å². The van der Waals surface area contributed by atoms with Crippen molar-refractivity contribution in [3.05, 3.63) is 0 Å². The van der Waals surface area contributed by atoms with Gasteiger partial charge in [-0.25, -0.2) is 4.79 Å². The third-order valence-electron chi connectivity index (χ3n) is 1.39. The number of esters is 1. The summed E-state index contributed by atoms with van der Waals surface area (Å²) >= 11 is 0. The Morgan fingerprint density at radius 3 is 2.33 bits per heavy atom. The quantitative estimate of drug-likeness (QED) is 0.512. The molecule has 88 valence electrons. The molecular weight excluding hydrogens is 200 g/mol. The van der Waals surface area contributed by atoms with Crippen molar-refractivity contribution in [2.75, 3.05) is 13.2 Å². The third kappa shape index (κ3) is 6.03. The van der Waals surface area contributed by atoms with Gasteiger partial charge in [0.1, 0.15) is 5.60 Å². The lowest BCUT2D eigenvalue weighted by Gasteiger charge is -2.23. The fourth-order valence-electron chi connectivity index (χ4n) is 0.805. The smallest absolute Gasteiger partial charge is 0.331 e. The number of nitrogens with two attached hydrogens (primary N) is 1. The van der Waals surface area contributed by atoms with Crippen LogP contribution >= 0.6 is 0 Å². The highest BCUT2D eigenvalue weighted by molar-refractivity contribution is 5.85. The molecule has 6 nitrogen and oxygen atoms in total. The van der Waals surface area contributed by atoms with Crippen LogP contribution in [-0.4, -0.2) is 41.8 Å². The number of amides is 1. The molecule has 0 unspecified atom stereocenters. The van der Waals surface area contributed by atoms with Gasteiger partial charge < -0.3 is 20.9 Å². The van der Waals surface area contributed by atoms with Crippen molar-refractivity contribution in [1.29, 1.82) is 0 Å². The molecule has 1 amide bonds. The number of hydrogen-bond acceptors (Lipinski definition) is 5. The average Bonchev–Trinajstić information content (AvgIpc) is 2.10. The zero-order valence-electron chi connectivity index (χ0n) is 9.24. The molecule has 0 saturated heterocycles. The van der Waals surface area contributed by atoms with Gasteiger partial charge in [-0.15, -0.1) is 0 Å². The molecule has 0 fully saturated rings. The fourth-order valence-corrected chi connectivity index (χ4v) is 0.805. The summed E-state index contributed by atoms with van der Waals surface area (Å²) in [6, 6.07) is -1.06. The first-order valence-electron chi connectivity index (χ1n) is 4.63. The van der Waals surface area contributed by atoms with Gasteiger partial charge in [-0.2, -0.15) is 0 Å². The molecule has 0 saturated carbocycles. The summed E-state index contributed by atoms with van der Waals surface area (Å²) in [7, 11) is 0. The van der Waals surface area contributed by atoms with E-state index in [1.54, 1.807) is 20.8 Å². The molecule has 0 aromatic heterocycles. The zero-order chi connectivity index (χ0) is 12.1. The van der Waals surface area contributed by atoms with Crippen LogP contribution in [0.3, 0.4) is 0 Å². The topological polar surface area (TPSA) is 102 Å². The monoisotopic (exact) mass is 218 g/mol. The minimum Gasteiger partial charge on any atom is -0.458 e. The summed E-state index contributed by atoms with van der Waals surface area (Å²) < 4.78 is 4.98. The first kappa shape index (κ1) is 13.9. The minimum atomic E-state index is -1.06. The number of nitrogens with one attached hydrogen (secondary N) is 1. The van der Waals surface area contributed by atoms with Crippen molar-refractivity contribution in [1.82, 2.24) is 5.32 Å². The molecule has 0 aliphatic carbocycles. The summed E-state index contributed by atoms with van der Waals surface area (Å²) in [5, 5.41) is 11.1. The Morgan fingerprint density at radius 2 is 2.00 bits per heavy atom. The number of ether oxygens (including phenoxy) is 1. The third-order valence-corrected chi connectivity index (χ3v) is 1.39. The molecule has 0 spiro atoms. The van der Waals surface area contributed by atoms with E-state index in [2.05, 4.69) is 5.32 Å². The van der Waals surface area contributed by atoms with Gasteiger partial charge in [-0.1, -0.05) is 0 Å². The standard InChI is InChI=1S/C9H18N2O4/c1-9(2,3)15-8(14)6(5-12)11-7(13)4-10/h6,12H,4-5,10H2,1-3H3,(H,11,13)/t6-/m0/s1. The van der Waals surface area contributed by atoms with Gasteiger partial charge >= 0.3 is 5.97 Å². The molecule has 0 rings (SSSR count). The normalized spacial score (nSPS) is 13.1.